The Hall–Kier alpha value is -1.50. The minimum Gasteiger partial charge on any atom is -0.496 e. The molecule has 0 amide bonds. The van der Waals surface area contributed by atoms with Gasteiger partial charge < -0.3 is 15.6 Å². The summed E-state index contributed by atoms with van der Waals surface area (Å²) < 4.78 is 42.9. The second-order valence-corrected chi connectivity index (χ2v) is 4.41. The normalized spacial score (nSPS) is 14.4. The molecule has 3 nitrogen and oxygen atoms in total. The van der Waals surface area contributed by atoms with Crippen LogP contribution >= 0.6 is 12.4 Å². The van der Waals surface area contributed by atoms with Crippen LogP contribution < -0.4 is 10.5 Å². The second kappa shape index (κ2) is 6.51. The van der Waals surface area contributed by atoms with Gasteiger partial charge in [-0.25, -0.2) is 0 Å². The van der Waals surface area contributed by atoms with Crippen LogP contribution in [0, 0.1) is 0 Å². The topological polar surface area (TPSA) is 55.5 Å². The summed E-state index contributed by atoms with van der Waals surface area (Å²) in [6.45, 7) is 0. The first-order chi connectivity index (χ1) is 9.36. The van der Waals surface area contributed by atoms with E-state index in [1.807, 2.05) is 0 Å². The van der Waals surface area contributed by atoms with Gasteiger partial charge in [-0.05, 0) is 17.0 Å². The van der Waals surface area contributed by atoms with Crippen LogP contribution in [0.3, 0.4) is 0 Å². The highest BCUT2D eigenvalue weighted by Gasteiger charge is 2.43. The van der Waals surface area contributed by atoms with Crippen LogP contribution in [-0.4, -0.2) is 24.5 Å². The Morgan fingerprint density at radius 3 is 2.19 bits per heavy atom. The van der Waals surface area contributed by atoms with Crippen molar-refractivity contribution in [2.24, 2.45) is 5.73 Å². The van der Waals surface area contributed by atoms with E-state index in [9.17, 15) is 18.3 Å². The fourth-order valence-corrected chi connectivity index (χ4v) is 2.14. The summed E-state index contributed by atoms with van der Waals surface area (Å²) in [5.41, 5.74) is 5.80. The SMILES string of the molecule is COc1ccc([C@H](N)[C@H](O)C(F)(F)F)c2ccccc12.Cl. The Bertz CT molecular complexity index is 619. The number of nitrogens with two attached hydrogens (primary N) is 1. The van der Waals surface area contributed by atoms with E-state index in [4.69, 9.17) is 10.5 Å². The smallest absolute Gasteiger partial charge is 0.416 e. The number of halogens is 4. The zero-order chi connectivity index (χ0) is 14.9. The van der Waals surface area contributed by atoms with Gasteiger partial charge in [-0.2, -0.15) is 13.2 Å². The highest BCUT2D eigenvalue weighted by Crippen LogP contribution is 2.35. The van der Waals surface area contributed by atoms with E-state index in [1.165, 1.54) is 13.2 Å². The molecule has 0 radical (unpaired) electrons. The number of methoxy groups -OCH3 is 1. The lowest BCUT2D eigenvalue weighted by atomic mass is 9.95. The fraction of sp³-hybridized carbons (Fsp3) is 0.286. The third-order valence-electron chi connectivity index (χ3n) is 3.17. The van der Waals surface area contributed by atoms with Crippen molar-refractivity contribution in [2.45, 2.75) is 18.3 Å². The van der Waals surface area contributed by atoms with Crippen molar-refractivity contribution >= 4 is 23.2 Å². The highest BCUT2D eigenvalue weighted by molar-refractivity contribution is 5.91. The molecule has 0 aliphatic heterocycles. The molecular formula is C14H15ClF3NO2. The quantitative estimate of drug-likeness (QED) is 0.913. The molecule has 2 aromatic rings. The minimum absolute atomic E-state index is 0. The summed E-state index contributed by atoms with van der Waals surface area (Å²) in [7, 11) is 1.48. The van der Waals surface area contributed by atoms with Crippen LogP contribution in [0.5, 0.6) is 5.75 Å². The van der Waals surface area contributed by atoms with Gasteiger partial charge in [-0.1, -0.05) is 30.3 Å². The van der Waals surface area contributed by atoms with E-state index >= 15 is 0 Å². The van der Waals surface area contributed by atoms with Crippen molar-refractivity contribution in [3.63, 3.8) is 0 Å². The molecule has 116 valence electrons. The molecule has 0 saturated heterocycles. The maximum atomic E-state index is 12.6. The van der Waals surface area contributed by atoms with Crippen molar-refractivity contribution in [2.75, 3.05) is 7.11 Å². The van der Waals surface area contributed by atoms with Crippen molar-refractivity contribution < 1.29 is 23.0 Å². The Morgan fingerprint density at radius 1 is 1.10 bits per heavy atom. The maximum absolute atomic E-state index is 12.6. The largest absolute Gasteiger partial charge is 0.496 e. The van der Waals surface area contributed by atoms with Crippen LogP contribution in [0.15, 0.2) is 36.4 Å². The van der Waals surface area contributed by atoms with Crippen molar-refractivity contribution in [1.82, 2.24) is 0 Å². The van der Waals surface area contributed by atoms with Crippen LogP contribution in [-0.2, 0) is 0 Å². The molecule has 2 atom stereocenters. The Morgan fingerprint density at radius 2 is 1.67 bits per heavy atom. The molecule has 0 spiro atoms. The van der Waals surface area contributed by atoms with Gasteiger partial charge in [0.1, 0.15) is 5.75 Å². The predicted octanol–water partition coefficient (Wildman–Crippen LogP) is 3.19. The summed E-state index contributed by atoms with van der Waals surface area (Å²) in [4.78, 5) is 0. The lowest BCUT2D eigenvalue weighted by Crippen LogP contribution is -2.38. The lowest BCUT2D eigenvalue weighted by Gasteiger charge is -2.23. The third-order valence-corrected chi connectivity index (χ3v) is 3.17. The predicted molar refractivity (Wildman–Crippen MR) is 76.7 cm³/mol. The number of hydrogen-bond donors (Lipinski definition) is 2. The van der Waals surface area contributed by atoms with E-state index in [1.54, 1.807) is 30.3 Å². The highest BCUT2D eigenvalue weighted by atomic mass is 35.5. The molecule has 0 aromatic heterocycles. The Labute approximate surface area is 125 Å². The summed E-state index contributed by atoms with van der Waals surface area (Å²) in [5, 5.41) is 10.5. The van der Waals surface area contributed by atoms with Crippen molar-refractivity contribution in [3.8, 4) is 5.75 Å². The molecule has 7 heteroatoms. The van der Waals surface area contributed by atoms with Gasteiger partial charge in [0.25, 0.3) is 0 Å². The van der Waals surface area contributed by atoms with Crippen LogP contribution in [0.4, 0.5) is 13.2 Å². The average Bonchev–Trinajstić information content (AvgIpc) is 2.43. The summed E-state index contributed by atoms with van der Waals surface area (Å²) in [5.74, 6) is 0.540. The number of aliphatic hydroxyl groups is 1. The van der Waals surface area contributed by atoms with Gasteiger partial charge in [0.2, 0.25) is 0 Å². The Kier molecular flexibility index (Phi) is 5.44. The van der Waals surface area contributed by atoms with Gasteiger partial charge in [0.05, 0.1) is 13.2 Å². The molecule has 2 aromatic carbocycles. The summed E-state index contributed by atoms with van der Waals surface area (Å²) >= 11 is 0. The van der Waals surface area contributed by atoms with Gasteiger partial charge in [-0.3, -0.25) is 0 Å². The summed E-state index contributed by atoms with van der Waals surface area (Å²) in [6.07, 6.45) is -7.38. The van der Waals surface area contributed by atoms with Crippen molar-refractivity contribution in [1.29, 1.82) is 0 Å². The van der Waals surface area contributed by atoms with Gasteiger partial charge in [-0.15, -0.1) is 12.4 Å². The van der Waals surface area contributed by atoms with Crippen molar-refractivity contribution in [3.05, 3.63) is 42.0 Å². The zero-order valence-electron chi connectivity index (χ0n) is 11.1. The molecular weight excluding hydrogens is 307 g/mol. The number of benzene rings is 2. The van der Waals surface area contributed by atoms with E-state index in [0.29, 0.717) is 16.5 Å². The average molecular weight is 322 g/mol. The van der Waals surface area contributed by atoms with Crippen LogP contribution in [0.1, 0.15) is 11.6 Å². The van der Waals surface area contributed by atoms with Crippen LogP contribution in [0.2, 0.25) is 0 Å². The molecule has 3 N–H and O–H groups in total. The van der Waals surface area contributed by atoms with Crippen LogP contribution in [0.25, 0.3) is 10.8 Å². The number of ether oxygens (including phenoxy) is 1. The summed E-state index contributed by atoms with van der Waals surface area (Å²) in [6, 6.07) is 8.26. The number of fused-ring (bicyclic) bond motifs is 1. The monoisotopic (exact) mass is 321 g/mol. The van der Waals surface area contributed by atoms with Gasteiger partial charge >= 0.3 is 6.18 Å². The molecule has 21 heavy (non-hydrogen) atoms. The second-order valence-electron chi connectivity index (χ2n) is 4.41. The fourth-order valence-electron chi connectivity index (χ4n) is 2.14. The first kappa shape index (κ1) is 17.6. The first-order valence-corrected chi connectivity index (χ1v) is 5.92. The number of rotatable bonds is 3. The molecule has 0 heterocycles. The number of aliphatic hydroxyl groups excluding tert-OH is 1. The lowest BCUT2D eigenvalue weighted by molar-refractivity contribution is -0.210. The molecule has 0 aliphatic rings. The Balaban J connectivity index is 0.00000220. The number of alkyl halides is 3. The van der Waals surface area contributed by atoms with Gasteiger partial charge in [0.15, 0.2) is 6.10 Å². The van der Waals surface area contributed by atoms with E-state index in [2.05, 4.69) is 0 Å². The van der Waals surface area contributed by atoms with E-state index < -0.39 is 18.3 Å². The number of hydrogen-bond acceptors (Lipinski definition) is 3. The standard InChI is InChI=1S/C14H14F3NO2.ClH/c1-20-11-7-6-10(8-4-2-3-5-9(8)11)12(18)13(19)14(15,16)17;/h2-7,12-13,19H,18H2,1H3;1H/t12-,13-;/m0./s1. The molecule has 0 fully saturated rings. The van der Waals surface area contributed by atoms with E-state index in [0.717, 1.165) is 0 Å². The first-order valence-electron chi connectivity index (χ1n) is 5.92. The molecule has 0 aliphatic carbocycles. The molecule has 2 rings (SSSR count). The minimum atomic E-state index is -4.76. The molecule has 0 saturated carbocycles. The van der Waals surface area contributed by atoms with E-state index in [-0.39, 0.29) is 18.0 Å². The molecule has 0 bridgehead atoms. The van der Waals surface area contributed by atoms with Gasteiger partial charge in [0, 0.05) is 5.39 Å². The third kappa shape index (κ3) is 3.40. The zero-order valence-corrected chi connectivity index (χ0v) is 11.9. The maximum Gasteiger partial charge on any atom is 0.416 e. The molecule has 0 unspecified atom stereocenters.